The Bertz CT molecular complexity index is 632. The fourth-order valence-corrected chi connectivity index (χ4v) is 3.20. The lowest BCUT2D eigenvalue weighted by molar-refractivity contribution is -0.139. The van der Waals surface area contributed by atoms with E-state index in [0.29, 0.717) is 13.1 Å². The molecule has 2 aliphatic heterocycles. The second kappa shape index (κ2) is 7.49. The van der Waals surface area contributed by atoms with Crippen molar-refractivity contribution in [2.75, 3.05) is 25.0 Å². The van der Waals surface area contributed by atoms with E-state index in [-0.39, 0.29) is 30.7 Å². The zero-order valence-corrected chi connectivity index (χ0v) is 13.7. The molecule has 2 N–H and O–H groups in total. The third kappa shape index (κ3) is 3.76. The van der Waals surface area contributed by atoms with Crippen LogP contribution in [0.4, 0.5) is 10.5 Å². The van der Waals surface area contributed by atoms with Crippen molar-refractivity contribution in [1.29, 1.82) is 0 Å². The standard InChI is InChI=1S/C18H23N3O3/c1-2-3-6-13-7-4-5-8-14(13)20-18(23)21-10-9-16-15(11-21)19-17(22)12-24-16/h2,4-5,7-8,15-16H,1,3,6,9-12H2,(H,19,22)(H,20,23)/t15-,16-/m0/s1. The topological polar surface area (TPSA) is 70.7 Å². The zero-order chi connectivity index (χ0) is 16.9. The Labute approximate surface area is 141 Å². The van der Waals surface area contributed by atoms with E-state index < -0.39 is 0 Å². The Morgan fingerprint density at radius 3 is 3.12 bits per heavy atom. The largest absolute Gasteiger partial charge is 0.366 e. The van der Waals surface area contributed by atoms with Gasteiger partial charge in [-0.3, -0.25) is 4.79 Å². The number of morpholine rings is 1. The first-order chi connectivity index (χ1) is 11.7. The molecule has 2 heterocycles. The van der Waals surface area contributed by atoms with Crippen molar-refractivity contribution in [2.24, 2.45) is 0 Å². The number of carbonyl (C=O) groups excluding carboxylic acids is 2. The van der Waals surface area contributed by atoms with Gasteiger partial charge in [0.2, 0.25) is 5.91 Å². The number of anilines is 1. The SMILES string of the molecule is C=CCCc1ccccc1NC(=O)N1CC[C@@H]2OCC(=O)N[C@H]2C1. The van der Waals surface area contributed by atoms with Gasteiger partial charge in [-0.25, -0.2) is 4.79 Å². The van der Waals surface area contributed by atoms with Gasteiger partial charge in [0.1, 0.15) is 6.61 Å². The van der Waals surface area contributed by atoms with Crippen LogP contribution in [0.25, 0.3) is 0 Å². The summed E-state index contributed by atoms with van der Waals surface area (Å²) >= 11 is 0. The van der Waals surface area contributed by atoms with Crippen molar-refractivity contribution in [1.82, 2.24) is 10.2 Å². The van der Waals surface area contributed by atoms with E-state index in [4.69, 9.17) is 4.74 Å². The van der Waals surface area contributed by atoms with Gasteiger partial charge < -0.3 is 20.3 Å². The molecule has 0 unspecified atom stereocenters. The number of hydrogen-bond donors (Lipinski definition) is 2. The van der Waals surface area contributed by atoms with Crippen molar-refractivity contribution in [3.63, 3.8) is 0 Å². The van der Waals surface area contributed by atoms with Gasteiger partial charge in [0.25, 0.3) is 0 Å². The summed E-state index contributed by atoms with van der Waals surface area (Å²) in [5.74, 6) is -0.117. The van der Waals surface area contributed by atoms with Crippen LogP contribution in [0.5, 0.6) is 0 Å². The van der Waals surface area contributed by atoms with Crippen LogP contribution in [0.1, 0.15) is 18.4 Å². The summed E-state index contributed by atoms with van der Waals surface area (Å²) in [6.45, 7) is 4.95. The molecular weight excluding hydrogens is 306 g/mol. The first-order valence-electron chi connectivity index (χ1n) is 8.33. The fourth-order valence-electron chi connectivity index (χ4n) is 3.20. The van der Waals surface area contributed by atoms with Crippen LogP contribution < -0.4 is 10.6 Å². The van der Waals surface area contributed by atoms with Gasteiger partial charge in [-0.1, -0.05) is 24.3 Å². The maximum atomic E-state index is 12.6. The van der Waals surface area contributed by atoms with E-state index in [1.54, 1.807) is 4.90 Å². The Morgan fingerprint density at radius 1 is 1.46 bits per heavy atom. The Morgan fingerprint density at radius 2 is 2.29 bits per heavy atom. The predicted molar refractivity (Wildman–Crippen MR) is 91.8 cm³/mol. The molecule has 2 atom stereocenters. The summed E-state index contributed by atoms with van der Waals surface area (Å²) in [5, 5.41) is 5.90. The lowest BCUT2D eigenvalue weighted by atomic mass is 10.0. The lowest BCUT2D eigenvalue weighted by Crippen LogP contribution is -2.61. The van der Waals surface area contributed by atoms with Gasteiger partial charge in [-0.2, -0.15) is 0 Å². The van der Waals surface area contributed by atoms with Gasteiger partial charge >= 0.3 is 6.03 Å². The third-order valence-corrected chi connectivity index (χ3v) is 4.49. The van der Waals surface area contributed by atoms with E-state index in [1.807, 2.05) is 30.3 Å². The number of urea groups is 1. The number of para-hydroxylation sites is 1. The summed E-state index contributed by atoms with van der Waals surface area (Å²) in [5.41, 5.74) is 1.92. The minimum atomic E-state index is -0.140. The molecule has 0 saturated carbocycles. The molecular formula is C18H23N3O3. The van der Waals surface area contributed by atoms with Crippen LogP contribution in [0.3, 0.4) is 0 Å². The average molecular weight is 329 g/mol. The molecule has 1 aromatic rings. The van der Waals surface area contributed by atoms with E-state index in [9.17, 15) is 9.59 Å². The molecule has 1 aromatic carbocycles. The molecule has 3 rings (SSSR count). The minimum Gasteiger partial charge on any atom is -0.366 e. The van der Waals surface area contributed by atoms with Crippen molar-refractivity contribution < 1.29 is 14.3 Å². The number of amides is 3. The predicted octanol–water partition coefficient (Wildman–Crippen LogP) is 1.93. The Balaban J connectivity index is 1.63. The Kier molecular flexibility index (Phi) is 5.15. The second-order valence-corrected chi connectivity index (χ2v) is 6.17. The molecule has 2 fully saturated rings. The molecule has 0 spiro atoms. The van der Waals surface area contributed by atoms with Crippen molar-refractivity contribution in [3.05, 3.63) is 42.5 Å². The maximum absolute atomic E-state index is 12.6. The van der Waals surface area contributed by atoms with Crippen molar-refractivity contribution in [2.45, 2.75) is 31.4 Å². The number of nitrogens with zero attached hydrogens (tertiary/aromatic N) is 1. The molecule has 128 valence electrons. The number of likely N-dealkylation sites (tertiary alicyclic amines) is 1. The summed E-state index contributed by atoms with van der Waals surface area (Å²) in [4.78, 5) is 25.8. The van der Waals surface area contributed by atoms with Gasteiger partial charge in [0, 0.05) is 18.8 Å². The summed E-state index contributed by atoms with van der Waals surface area (Å²) in [6.07, 6.45) is 4.32. The molecule has 0 aromatic heterocycles. The van der Waals surface area contributed by atoms with Crippen LogP contribution >= 0.6 is 0 Å². The van der Waals surface area contributed by atoms with Gasteiger partial charge in [0.05, 0.1) is 12.1 Å². The van der Waals surface area contributed by atoms with Crippen LogP contribution in [0.15, 0.2) is 36.9 Å². The number of aryl methyl sites for hydroxylation is 1. The van der Waals surface area contributed by atoms with Gasteiger partial charge in [0.15, 0.2) is 0 Å². The summed E-state index contributed by atoms with van der Waals surface area (Å²) in [7, 11) is 0. The molecule has 3 amide bonds. The maximum Gasteiger partial charge on any atom is 0.321 e. The average Bonchev–Trinajstić information content (AvgIpc) is 2.60. The molecule has 6 nitrogen and oxygen atoms in total. The van der Waals surface area contributed by atoms with Crippen molar-refractivity contribution in [3.8, 4) is 0 Å². The normalized spacial score (nSPS) is 23.2. The highest BCUT2D eigenvalue weighted by atomic mass is 16.5. The van der Waals surface area contributed by atoms with Crippen LogP contribution in [0, 0.1) is 0 Å². The summed E-state index contributed by atoms with van der Waals surface area (Å²) in [6, 6.07) is 7.54. The second-order valence-electron chi connectivity index (χ2n) is 6.17. The number of nitrogens with one attached hydrogen (secondary N) is 2. The van der Waals surface area contributed by atoms with Gasteiger partial charge in [-0.05, 0) is 30.9 Å². The molecule has 0 aliphatic carbocycles. The molecule has 0 bridgehead atoms. The number of benzene rings is 1. The van der Waals surface area contributed by atoms with Crippen LogP contribution in [-0.4, -0.2) is 48.7 Å². The molecule has 6 heteroatoms. The van der Waals surface area contributed by atoms with Crippen molar-refractivity contribution >= 4 is 17.6 Å². The van der Waals surface area contributed by atoms with Gasteiger partial charge in [-0.15, -0.1) is 6.58 Å². The number of hydrogen-bond acceptors (Lipinski definition) is 3. The van der Waals surface area contributed by atoms with E-state index in [1.165, 1.54) is 0 Å². The lowest BCUT2D eigenvalue weighted by Gasteiger charge is -2.41. The molecule has 0 radical (unpaired) electrons. The number of allylic oxidation sites excluding steroid dienone is 1. The molecule has 2 aliphatic rings. The number of carbonyl (C=O) groups is 2. The van der Waals surface area contributed by atoms with Crippen LogP contribution in [0.2, 0.25) is 0 Å². The highest BCUT2D eigenvalue weighted by Gasteiger charge is 2.36. The zero-order valence-electron chi connectivity index (χ0n) is 13.7. The smallest absolute Gasteiger partial charge is 0.321 e. The Hall–Kier alpha value is -2.34. The highest BCUT2D eigenvalue weighted by molar-refractivity contribution is 5.90. The van der Waals surface area contributed by atoms with E-state index >= 15 is 0 Å². The number of ether oxygens (including phenoxy) is 1. The fraction of sp³-hybridized carbons (Fsp3) is 0.444. The van der Waals surface area contributed by atoms with E-state index in [2.05, 4.69) is 17.2 Å². The third-order valence-electron chi connectivity index (χ3n) is 4.49. The summed E-state index contributed by atoms with van der Waals surface area (Å²) < 4.78 is 5.52. The number of piperidine rings is 1. The first-order valence-corrected chi connectivity index (χ1v) is 8.33. The number of fused-ring (bicyclic) bond motifs is 1. The molecule has 24 heavy (non-hydrogen) atoms. The number of rotatable bonds is 4. The highest BCUT2D eigenvalue weighted by Crippen LogP contribution is 2.21. The first kappa shape index (κ1) is 16.5. The monoisotopic (exact) mass is 329 g/mol. The van der Waals surface area contributed by atoms with Crippen LogP contribution in [-0.2, 0) is 16.0 Å². The molecule has 2 saturated heterocycles. The van der Waals surface area contributed by atoms with E-state index in [0.717, 1.165) is 30.5 Å². The quantitative estimate of drug-likeness (QED) is 0.829. The minimum absolute atomic E-state index is 0.00614.